The fraction of sp³-hybridized carbons (Fsp3) is 0.150. The summed E-state index contributed by atoms with van der Waals surface area (Å²) in [5, 5.41) is 22.6. The molecule has 0 unspecified atom stereocenters. The number of H-pyrrole nitrogens is 1. The summed E-state index contributed by atoms with van der Waals surface area (Å²) < 4.78 is 1.67. The topological polar surface area (TPSA) is 101 Å². The third-order valence-corrected chi connectivity index (χ3v) is 5.34. The highest BCUT2D eigenvalue weighted by atomic mass is 35.5. The van der Waals surface area contributed by atoms with Crippen molar-refractivity contribution in [3.8, 4) is 11.3 Å². The van der Waals surface area contributed by atoms with Crippen molar-refractivity contribution in [3.05, 3.63) is 80.6 Å². The second-order valence-corrected chi connectivity index (χ2v) is 7.20. The van der Waals surface area contributed by atoms with Crippen LogP contribution in [0.3, 0.4) is 0 Å². The van der Waals surface area contributed by atoms with Crippen LogP contribution in [0, 0.1) is 0 Å². The van der Waals surface area contributed by atoms with E-state index in [2.05, 4.69) is 50.1 Å². The molecule has 2 N–H and O–H groups in total. The first-order valence-corrected chi connectivity index (χ1v) is 9.55. The molecule has 0 amide bonds. The highest BCUT2D eigenvalue weighted by molar-refractivity contribution is 6.30. The van der Waals surface area contributed by atoms with Crippen LogP contribution in [0.15, 0.2) is 53.3 Å². The predicted molar refractivity (Wildman–Crippen MR) is 109 cm³/mol. The van der Waals surface area contributed by atoms with Crippen LogP contribution >= 0.6 is 11.6 Å². The molecule has 0 radical (unpaired) electrons. The molecule has 29 heavy (non-hydrogen) atoms. The zero-order chi connectivity index (χ0) is 20.0. The molecular weight excluding hydrogens is 390 g/mol. The predicted octanol–water partition coefficient (Wildman–Crippen LogP) is 3.33. The van der Waals surface area contributed by atoms with Crippen molar-refractivity contribution < 1.29 is 0 Å². The van der Waals surface area contributed by atoms with Gasteiger partial charge in [0.25, 0.3) is 5.56 Å². The zero-order valence-electron chi connectivity index (χ0n) is 15.4. The molecule has 0 aliphatic carbocycles. The Morgan fingerprint density at radius 1 is 1.10 bits per heavy atom. The summed E-state index contributed by atoms with van der Waals surface area (Å²) in [6.45, 7) is 2.11. The first-order valence-electron chi connectivity index (χ1n) is 9.18. The monoisotopic (exact) mass is 405 g/mol. The summed E-state index contributed by atoms with van der Waals surface area (Å²) in [4.78, 5) is 12.6. The van der Waals surface area contributed by atoms with Crippen LogP contribution in [0.25, 0.3) is 11.3 Å². The Hall–Kier alpha value is -3.52. The van der Waals surface area contributed by atoms with E-state index in [1.165, 1.54) is 5.56 Å². The van der Waals surface area contributed by atoms with Gasteiger partial charge in [0.15, 0.2) is 0 Å². The lowest BCUT2D eigenvalue weighted by Gasteiger charge is -2.28. The molecule has 4 aromatic rings. The number of aryl methyl sites for hydroxylation is 1. The molecule has 0 saturated carbocycles. The average molecular weight is 406 g/mol. The maximum absolute atomic E-state index is 12.6. The number of nitrogens with one attached hydrogen (secondary N) is 2. The van der Waals surface area contributed by atoms with Crippen LogP contribution in [0.4, 0.5) is 11.6 Å². The van der Waals surface area contributed by atoms with E-state index in [1.807, 2.05) is 24.3 Å². The molecule has 0 bridgehead atoms. The van der Waals surface area contributed by atoms with Crippen molar-refractivity contribution in [2.45, 2.75) is 19.4 Å². The van der Waals surface area contributed by atoms with Crippen LogP contribution in [-0.2, 0) is 6.42 Å². The Morgan fingerprint density at radius 3 is 2.59 bits per heavy atom. The highest BCUT2D eigenvalue weighted by Gasteiger charge is 2.34. The first kappa shape index (κ1) is 17.6. The van der Waals surface area contributed by atoms with E-state index in [0.717, 1.165) is 17.5 Å². The minimum atomic E-state index is -0.400. The van der Waals surface area contributed by atoms with Crippen LogP contribution in [0.1, 0.15) is 29.7 Å². The van der Waals surface area contributed by atoms with E-state index in [1.54, 1.807) is 16.8 Å². The van der Waals surface area contributed by atoms with E-state index in [4.69, 9.17) is 11.6 Å². The molecule has 9 heteroatoms. The third kappa shape index (κ3) is 2.89. The van der Waals surface area contributed by atoms with Gasteiger partial charge in [-0.05, 0) is 40.1 Å². The van der Waals surface area contributed by atoms with E-state index in [0.29, 0.717) is 27.9 Å². The molecule has 3 heterocycles. The smallest absolute Gasteiger partial charge is 0.288 e. The molecule has 8 nitrogen and oxygen atoms in total. The van der Waals surface area contributed by atoms with Gasteiger partial charge in [0.1, 0.15) is 11.7 Å². The number of aromatic nitrogens is 6. The fourth-order valence-corrected chi connectivity index (χ4v) is 3.74. The van der Waals surface area contributed by atoms with E-state index < -0.39 is 6.04 Å². The van der Waals surface area contributed by atoms with E-state index in [-0.39, 0.29) is 5.56 Å². The Morgan fingerprint density at radius 2 is 1.86 bits per heavy atom. The molecule has 2 aromatic carbocycles. The number of fused-ring (bicyclic) bond motifs is 2. The van der Waals surface area contributed by atoms with Crippen molar-refractivity contribution in [1.29, 1.82) is 0 Å². The molecule has 1 aliphatic rings. The second-order valence-electron chi connectivity index (χ2n) is 6.77. The number of anilines is 2. The van der Waals surface area contributed by atoms with Gasteiger partial charge in [0.05, 0.1) is 5.69 Å². The van der Waals surface area contributed by atoms with Crippen molar-refractivity contribution >= 4 is 23.2 Å². The minimum absolute atomic E-state index is 0.331. The molecule has 1 atom stereocenters. The van der Waals surface area contributed by atoms with Gasteiger partial charge in [0, 0.05) is 16.1 Å². The average Bonchev–Trinajstić information content (AvgIpc) is 3.22. The third-order valence-electron chi connectivity index (χ3n) is 5.09. The fourth-order valence-electron chi connectivity index (χ4n) is 3.61. The molecule has 144 valence electrons. The number of hydrogen-bond donors (Lipinski definition) is 2. The molecule has 0 spiro atoms. The number of halogens is 1. The summed E-state index contributed by atoms with van der Waals surface area (Å²) >= 11 is 6.05. The standard InChI is InChI=1S/C20H16ClN7O/c1-2-11-3-5-13(6-4-11)18-15-16(12-7-9-14(21)10-8-12)23-24-19(29)17(15)22-20-25-26-27-28(18)20/h3-10,18H,2H2,1H3,(H,24,29)(H,22,25,27)/t18-/m0/s1. The molecular formula is C20H16ClN7O. The highest BCUT2D eigenvalue weighted by Crippen LogP contribution is 2.41. The lowest BCUT2D eigenvalue weighted by molar-refractivity contribution is 0.567. The molecule has 2 aromatic heterocycles. The van der Waals surface area contributed by atoms with Crippen molar-refractivity contribution in [2.75, 3.05) is 5.32 Å². The minimum Gasteiger partial charge on any atom is -0.318 e. The molecule has 0 fully saturated rings. The second kappa shape index (κ2) is 6.82. The van der Waals surface area contributed by atoms with Crippen LogP contribution in [0.5, 0.6) is 0 Å². The van der Waals surface area contributed by atoms with Gasteiger partial charge < -0.3 is 5.32 Å². The Kier molecular flexibility index (Phi) is 4.13. The number of benzene rings is 2. The SMILES string of the molecule is CCc1ccc([C@H]2c3c(-c4ccc(Cl)cc4)n[nH]c(=O)c3Nc3nnnn32)cc1. The van der Waals surface area contributed by atoms with Crippen molar-refractivity contribution in [3.63, 3.8) is 0 Å². The number of aromatic amines is 1. The lowest BCUT2D eigenvalue weighted by Crippen LogP contribution is -2.29. The van der Waals surface area contributed by atoms with Crippen LogP contribution in [0.2, 0.25) is 5.02 Å². The van der Waals surface area contributed by atoms with Gasteiger partial charge in [-0.3, -0.25) is 4.79 Å². The Bertz CT molecular complexity index is 1250. The lowest BCUT2D eigenvalue weighted by atomic mass is 9.92. The maximum atomic E-state index is 12.6. The summed E-state index contributed by atoms with van der Waals surface area (Å²) in [5.74, 6) is 0.404. The van der Waals surface area contributed by atoms with Crippen molar-refractivity contribution in [2.24, 2.45) is 0 Å². The van der Waals surface area contributed by atoms with Gasteiger partial charge in [-0.25, -0.2) is 5.10 Å². The summed E-state index contributed by atoms with van der Waals surface area (Å²) in [5.41, 5.74) is 4.41. The maximum Gasteiger partial charge on any atom is 0.288 e. The Balaban J connectivity index is 1.78. The number of hydrogen-bond acceptors (Lipinski definition) is 6. The normalized spacial score (nSPS) is 14.8. The van der Waals surface area contributed by atoms with Crippen molar-refractivity contribution in [1.82, 2.24) is 30.4 Å². The number of tetrazole rings is 1. The number of rotatable bonds is 3. The zero-order valence-corrected chi connectivity index (χ0v) is 16.2. The largest absolute Gasteiger partial charge is 0.318 e. The summed E-state index contributed by atoms with van der Waals surface area (Å²) in [7, 11) is 0. The van der Waals surface area contributed by atoms with Gasteiger partial charge in [-0.2, -0.15) is 9.78 Å². The molecule has 5 rings (SSSR count). The van der Waals surface area contributed by atoms with Crippen LogP contribution < -0.4 is 10.9 Å². The summed E-state index contributed by atoms with van der Waals surface area (Å²) in [6, 6.07) is 15.1. The van der Waals surface area contributed by atoms with E-state index in [9.17, 15) is 4.79 Å². The quantitative estimate of drug-likeness (QED) is 0.477. The first-order chi connectivity index (χ1) is 14.2. The van der Waals surface area contributed by atoms with Gasteiger partial charge in [0.2, 0.25) is 5.95 Å². The van der Waals surface area contributed by atoms with Crippen LogP contribution in [-0.4, -0.2) is 30.4 Å². The molecule has 1 aliphatic heterocycles. The van der Waals surface area contributed by atoms with Gasteiger partial charge in [-0.15, -0.1) is 0 Å². The number of nitrogens with zero attached hydrogens (tertiary/aromatic N) is 5. The molecule has 0 saturated heterocycles. The Labute approximate surface area is 170 Å². The summed E-state index contributed by atoms with van der Waals surface area (Å²) in [6.07, 6.45) is 0.941. The van der Waals surface area contributed by atoms with Gasteiger partial charge in [-0.1, -0.05) is 60.0 Å². The van der Waals surface area contributed by atoms with Gasteiger partial charge >= 0.3 is 0 Å². The van der Waals surface area contributed by atoms with E-state index >= 15 is 0 Å².